The van der Waals surface area contributed by atoms with E-state index < -0.39 is 0 Å². The molecule has 2 aromatic carbocycles. The van der Waals surface area contributed by atoms with Gasteiger partial charge in [0.2, 0.25) is 5.91 Å². The summed E-state index contributed by atoms with van der Waals surface area (Å²) >= 11 is 6.03. The Morgan fingerprint density at radius 2 is 1.65 bits per heavy atom. The molecule has 2 saturated carbocycles. The van der Waals surface area contributed by atoms with Gasteiger partial charge in [0.05, 0.1) is 0 Å². The van der Waals surface area contributed by atoms with Gasteiger partial charge in [0.15, 0.2) is 0 Å². The van der Waals surface area contributed by atoms with Crippen LogP contribution in [0.2, 0.25) is 5.02 Å². The summed E-state index contributed by atoms with van der Waals surface area (Å²) in [7, 11) is 0. The Balaban J connectivity index is 1.04. The predicted octanol–water partition coefficient (Wildman–Crippen LogP) is 5.61. The number of amides is 1. The molecule has 0 aromatic heterocycles. The van der Waals surface area contributed by atoms with Crippen LogP contribution in [0.3, 0.4) is 0 Å². The molecular formula is C27H33ClN2O. The summed E-state index contributed by atoms with van der Waals surface area (Å²) in [6.07, 6.45) is 7.00. The van der Waals surface area contributed by atoms with Crippen molar-refractivity contribution in [2.24, 2.45) is 11.8 Å². The largest absolute Gasteiger partial charge is 0.353 e. The zero-order valence-corrected chi connectivity index (χ0v) is 18.9. The molecule has 2 aliphatic carbocycles. The fraction of sp³-hybridized carbons (Fsp3) is 0.519. The van der Waals surface area contributed by atoms with Crippen LogP contribution in [0.4, 0.5) is 0 Å². The maximum absolute atomic E-state index is 12.7. The van der Waals surface area contributed by atoms with Gasteiger partial charge in [0.25, 0.3) is 0 Å². The summed E-state index contributed by atoms with van der Waals surface area (Å²) in [5, 5.41) is 4.19. The molecule has 164 valence electrons. The second-order valence-electron chi connectivity index (χ2n) is 9.87. The van der Waals surface area contributed by atoms with Crippen LogP contribution in [0.25, 0.3) is 0 Å². The molecule has 4 atom stereocenters. The average Bonchev–Trinajstić information content (AvgIpc) is 3.50. The standard InChI is InChI=1S/C27H33ClN2O/c28-23-9-7-20(8-10-23)21-12-14-30(15-13-21)18-19-6-11-24(16-19)29-27(31)26-17-25(26)22-4-2-1-3-5-22/h1-5,7-10,19,21,24-26H,6,11-18H2,(H,29,31)/t19-,24+,25+,26-/m0/s1. The van der Waals surface area contributed by atoms with E-state index in [-0.39, 0.29) is 11.8 Å². The third-order valence-corrected chi connectivity index (χ3v) is 7.94. The molecule has 4 heteroatoms. The maximum Gasteiger partial charge on any atom is 0.223 e. The Bertz CT molecular complexity index is 876. The minimum atomic E-state index is 0.188. The maximum atomic E-state index is 12.7. The van der Waals surface area contributed by atoms with Crippen LogP contribution in [0, 0.1) is 11.8 Å². The van der Waals surface area contributed by atoms with Crippen LogP contribution >= 0.6 is 11.6 Å². The molecule has 1 N–H and O–H groups in total. The average molecular weight is 437 g/mol. The van der Waals surface area contributed by atoms with E-state index in [0.717, 1.165) is 30.2 Å². The number of piperidine rings is 1. The molecule has 1 heterocycles. The Morgan fingerprint density at radius 3 is 2.39 bits per heavy atom. The van der Waals surface area contributed by atoms with Crippen molar-refractivity contribution in [3.8, 4) is 0 Å². The molecule has 1 aliphatic heterocycles. The van der Waals surface area contributed by atoms with E-state index in [1.807, 2.05) is 18.2 Å². The molecule has 3 fully saturated rings. The minimum Gasteiger partial charge on any atom is -0.353 e. The number of hydrogen-bond donors (Lipinski definition) is 1. The first-order chi connectivity index (χ1) is 15.2. The fourth-order valence-corrected chi connectivity index (χ4v) is 5.91. The third-order valence-electron chi connectivity index (χ3n) is 7.69. The van der Waals surface area contributed by atoms with Crippen LogP contribution < -0.4 is 5.32 Å². The van der Waals surface area contributed by atoms with Crippen molar-refractivity contribution in [3.05, 3.63) is 70.7 Å². The molecule has 2 aromatic rings. The molecular weight excluding hydrogens is 404 g/mol. The summed E-state index contributed by atoms with van der Waals surface area (Å²) in [4.78, 5) is 15.4. The minimum absolute atomic E-state index is 0.188. The highest BCUT2D eigenvalue weighted by molar-refractivity contribution is 6.30. The third kappa shape index (κ3) is 5.15. The Labute approximate surface area is 191 Å². The second-order valence-corrected chi connectivity index (χ2v) is 10.3. The van der Waals surface area contributed by atoms with Gasteiger partial charge in [0, 0.05) is 23.5 Å². The lowest BCUT2D eigenvalue weighted by atomic mass is 9.89. The first-order valence-corrected chi connectivity index (χ1v) is 12.4. The SMILES string of the molecule is O=C(N[C@@H]1CC[C@H](CN2CCC(c3ccc(Cl)cc3)CC2)C1)[C@H]1C[C@@H]1c1ccccc1. The molecule has 5 rings (SSSR count). The molecule has 0 bridgehead atoms. The van der Waals surface area contributed by atoms with Gasteiger partial charge in [-0.3, -0.25) is 4.79 Å². The lowest BCUT2D eigenvalue weighted by molar-refractivity contribution is -0.123. The second kappa shape index (κ2) is 9.34. The number of nitrogens with zero attached hydrogens (tertiary/aromatic N) is 1. The van der Waals surface area contributed by atoms with Crippen LogP contribution in [0.5, 0.6) is 0 Å². The number of nitrogens with one attached hydrogen (secondary N) is 1. The highest BCUT2D eigenvalue weighted by Gasteiger charge is 2.44. The van der Waals surface area contributed by atoms with E-state index in [1.165, 1.54) is 50.0 Å². The van der Waals surface area contributed by atoms with Gasteiger partial charge in [-0.05, 0) is 92.6 Å². The van der Waals surface area contributed by atoms with Gasteiger partial charge < -0.3 is 10.2 Å². The van der Waals surface area contributed by atoms with Crippen molar-refractivity contribution in [1.82, 2.24) is 10.2 Å². The molecule has 31 heavy (non-hydrogen) atoms. The van der Waals surface area contributed by atoms with Crippen molar-refractivity contribution in [2.45, 2.75) is 56.4 Å². The highest BCUT2D eigenvalue weighted by Crippen LogP contribution is 2.47. The van der Waals surface area contributed by atoms with Crippen molar-refractivity contribution in [3.63, 3.8) is 0 Å². The molecule has 1 amide bonds. The van der Waals surface area contributed by atoms with E-state index in [0.29, 0.717) is 17.9 Å². The lowest BCUT2D eigenvalue weighted by Crippen LogP contribution is -2.37. The van der Waals surface area contributed by atoms with Crippen LogP contribution in [-0.2, 0) is 4.79 Å². The van der Waals surface area contributed by atoms with Crippen LogP contribution in [0.15, 0.2) is 54.6 Å². The van der Waals surface area contributed by atoms with Crippen molar-refractivity contribution >= 4 is 17.5 Å². The number of benzene rings is 2. The number of likely N-dealkylation sites (tertiary alicyclic amines) is 1. The summed E-state index contributed by atoms with van der Waals surface area (Å²) < 4.78 is 0. The number of hydrogen-bond acceptors (Lipinski definition) is 2. The van der Waals surface area contributed by atoms with Crippen molar-refractivity contribution < 1.29 is 4.79 Å². The highest BCUT2D eigenvalue weighted by atomic mass is 35.5. The molecule has 0 spiro atoms. The van der Waals surface area contributed by atoms with E-state index in [2.05, 4.69) is 46.6 Å². The number of rotatable bonds is 6. The molecule has 1 saturated heterocycles. The van der Waals surface area contributed by atoms with Crippen LogP contribution in [0.1, 0.15) is 61.5 Å². The van der Waals surface area contributed by atoms with Gasteiger partial charge in [-0.25, -0.2) is 0 Å². The monoisotopic (exact) mass is 436 g/mol. The molecule has 0 unspecified atom stereocenters. The summed E-state index contributed by atoms with van der Waals surface area (Å²) in [5.74, 6) is 2.29. The van der Waals surface area contributed by atoms with E-state index in [4.69, 9.17) is 11.6 Å². The summed E-state index contributed by atoms with van der Waals surface area (Å²) in [5.41, 5.74) is 2.75. The fourth-order valence-electron chi connectivity index (χ4n) is 5.78. The molecule has 3 aliphatic rings. The number of carbonyl (C=O) groups excluding carboxylic acids is 1. The Kier molecular flexibility index (Phi) is 6.34. The topological polar surface area (TPSA) is 32.3 Å². The van der Waals surface area contributed by atoms with Gasteiger partial charge in [0.1, 0.15) is 0 Å². The zero-order valence-electron chi connectivity index (χ0n) is 18.2. The van der Waals surface area contributed by atoms with E-state index >= 15 is 0 Å². The normalized spacial score (nSPS) is 29.1. The lowest BCUT2D eigenvalue weighted by Gasteiger charge is -2.33. The van der Waals surface area contributed by atoms with Gasteiger partial charge >= 0.3 is 0 Å². The Morgan fingerprint density at radius 1 is 0.903 bits per heavy atom. The van der Waals surface area contributed by atoms with E-state index in [1.54, 1.807) is 0 Å². The summed E-state index contributed by atoms with van der Waals surface area (Å²) in [6.45, 7) is 3.55. The van der Waals surface area contributed by atoms with Gasteiger partial charge in [-0.2, -0.15) is 0 Å². The zero-order chi connectivity index (χ0) is 21.2. The predicted molar refractivity (Wildman–Crippen MR) is 126 cm³/mol. The van der Waals surface area contributed by atoms with Gasteiger partial charge in [-0.1, -0.05) is 54.1 Å². The van der Waals surface area contributed by atoms with Crippen molar-refractivity contribution in [2.75, 3.05) is 19.6 Å². The van der Waals surface area contributed by atoms with Gasteiger partial charge in [-0.15, -0.1) is 0 Å². The molecule has 0 radical (unpaired) electrons. The first-order valence-electron chi connectivity index (χ1n) is 12.0. The van der Waals surface area contributed by atoms with Crippen LogP contribution in [-0.4, -0.2) is 36.5 Å². The number of halogens is 1. The number of carbonyl (C=O) groups is 1. The van der Waals surface area contributed by atoms with Crippen molar-refractivity contribution in [1.29, 1.82) is 0 Å². The smallest absolute Gasteiger partial charge is 0.223 e. The first kappa shape index (κ1) is 21.0. The quantitative estimate of drug-likeness (QED) is 0.638. The van der Waals surface area contributed by atoms with E-state index in [9.17, 15) is 4.79 Å². The molecule has 3 nitrogen and oxygen atoms in total. The summed E-state index contributed by atoms with van der Waals surface area (Å²) in [6, 6.07) is 19.3. The Hall–Kier alpha value is -1.84.